The number of nitrogens with zero attached hydrogens (tertiary/aromatic N) is 3. The van der Waals surface area contributed by atoms with Crippen LogP contribution in [-0.2, 0) is 9.63 Å². The Hall–Kier alpha value is -1.38. The number of hydroxylamine groups is 3. The lowest BCUT2D eigenvalue weighted by Gasteiger charge is -2.29. The van der Waals surface area contributed by atoms with E-state index in [1.54, 1.807) is 4.90 Å². The van der Waals surface area contributed by atoms with Gasteiger partial charge in [0.2, 0.25) is 0 Å². The highest BCUT2D eigenvalue weighted by Crippen LogP contribution is 2.28. The molecule has 3 heterocycles. The fourth-order valence-corrected chi connectivity index (χ4v) is 2.98. The molecule has 0 saturated carbocycles. The van der Waals surface area contributed by atoms with Gasteiger partial charge < -0.3 is 4.90 Å². The summed E-state index contributed by atoms with van der Waals surface area (Å²) in [5.74, 6) is -0.345. The van der Waals surface area contributed by atoms with Gasteiger partial charge in [-0.15, -0.1) is 0 Å². The predicted octanol–water partition coefficient (Wildman–Crippen LogP) is -0.565. The molecule has 0 spiro atoms. The van der Waals surface area contributed by atoms with Gasteiger partial charge in [0.1, 0.15) is 6.04 Å². The first-order chi connectivity index (χ1) is 9.56. The summed E-state index contributed by atoms with van der Waals surface area (Å²) in [6.07, 6.45) is 1.77. The Morgan fingerprint density at radius 3 is 2.85 bits per heavy atom. The van der Waals surface area contributed by atoms with Crippen LogP contribution in [0, 0.1) is 7.05 Å². The lowest BCUT2D eigenvalue weighted by molar-refractivity contribution is -0.143. The van der Waals surface area contributed by atoms with Gasteiger partial charge in [-0.05, 0) is 19.3 Å². The Labute approximate surface area is 117 Å². The SMILES string of the molecule is [CH]N1CC[C@H](ONC(=O)[C@@H]2CC[C@@H]3CN2C(=O)N3O)C1. The van der Waals surface area contributed by atoms with Crippen LogP contribution in [0.5, 0.6) is 0 Å². The Bertz CT molecular complexity index is 418. The molecule has 3 atom stereocenters. The molecule has 2 N–H and O–H groups in total. The molecule has 3 amide bonds. The number of likely N-dealkylation sites (tertiary alicyclic amines) is 1. The summed E-state index contributed by atoms with van der Waals surface area (Å²) in [4.78, 5) is 32.2. The molecule has 0 unspecified atom stereocenters. The van der Waals surface area contributed by atoms with Crippen LogP contribution in [0.3, 0.4) is 0 Å². The maximum atomic E-state index is 12.1. The summed E-state index contributed by atoms with van der Waals surface area (Å²) >= 11 is 0. The molecule has 0 aromatic heterocycles. The molecule has 2 radical (unpaired) electrons. The van der Waals surface area contributed by atoms with Crippen LogP contribution < -0.4 is 5.48 Å². The van der Waals surface area contributed by atoms with Gasteiger partial charge in [0.25, 0.3) is 5.91 Å². The molecular formula is C12H18N4O4. The number of carbonyl (C=O) groups is 2. The van der Waals surface area contributed by atoms with Crippen LogP contribution in [0.25, 0.3) is 0 Å². The van der Waals surface area contributed by atoms with E-state index in [-0.39, 0.29) is 18.1 Å². The second-order valence-electron chi connectivity index (χ2n) is 5.52. The third kappa shape index (κ3) is 2.34. The summed E-state index contributed by atoms with van der Waals surface area (Å²) in [6.45, 7) is 1.68. The number of rotatable bonds is 3. The maximum Gasteiger partial charge on any atom is 0.344 e. The van der Waals surface area contributed by atoms with Crippen LogP contribution in [-0.4, -0.2) is 69.8 Å². The van der Waals surface area contributed by atoms with E-state index < -0.39 is 12.1 Å². The van der Waals surface area contributed by atoms with Crippen LogP contribution in [0.15, 0.2) is 0 Å². The van der Waals surface area contributed by atoms with Crippen molar-refractivity contribution < 1.29 is 19.6 Å². The predicted molar refractivity (Wildman–Crippen MR) is 66.0 cm³/mol. The molecule has 3 saturated heterocycles. The average molecular weight is 282 g/mol. The molecule has 8 nitrogen and oxygen atoms in total. The van der Waals surface area contributed by atoms with Crippen LogP contribution in [0.4, 0.5) is 4.79 Å². The monoisotopic (exact) mass is 282 g/mol. The zero-order chi connectivity index (χ0) is 14.3. The molecule has 0 aromatic carbocycles. The number of nitrogens with one attached hydrogen (secondary N) is 1. The normalized spacial score (nSPS) is 33.9. The summed E-state index contributed by atoms with van der Waals surface area (Å²) in [5, 5.41) is 10.3. The van der Waals surface area contributed by atoms with Crippen LogP contribution >= 0.6 is 0 Å². The first-order valence-corrected chi connectivity index (χ1v) is 6.80. The maximum absolute atomic E-state index is 12.1. The fraction of sp³-hybridized carbons (Fsp3) is 0.750. The van der Waals surface area contributed by atoms with Gasteiger partial charge in [-0.3, -0.25) is 19.7 Å². The molecule has 2 bridgehead atoms. The highest BCUT2D eigenvalue weighted by atomic mass is 16.7. The molecule has 20 heavy (non-hydrogen) atoms. The molecule has 0 aliphatic carbocycles. The van der Waals surface area contributed by atoms with Crippen molar-refractivity contribution >= 4 is 11.9 Å². The Kier molecular flexibility index (Phi) is 3.53. The fourth-order valence-electron chi connectivity index (χ4n) is 2.98. The van der Waals surface area contributed by atoms with Gasteiger partial charge in [0, 0.05) is 26.7 Å². The molecule has 3 rings (SSSR count). The molecule has 3 aliphatic rings. The van der Waals surface area contributed by atoms with E-state index in [2.05, 4.69) is 5.48 Å². The third-order valence-electron chi connectivity index (χ3n) is 4.15. The van der Waals surface area contributed by atoms with Crippen molar-refractivity contribution in [2.24, 2.45) is 0 Å². The summed E-state index contributed by atoms with van der Waals surface area (Å²) in [5.41, 5.74) is 2.42. The molecule has 3 aliphatic heterocycles. The number of hydrogen-bond donors (Lipinski definition) is 2. The van der Waals surface area contributed by atoms with Crippen molar-refractivity contribution in [2.45, 2.75) is 37.5 Å². The van der Waals surface area contributed by atoms with Crippen LogP contribution in [0.1, 0.15) is 19.3 Å². The Morgan fingerprint density at radius 2 is 2.15 bits per heavy atom. The van der Waals surface area contributed by atoms with E-state index in [1.807, 2.05) is 0 Å². The smallest absolute Gasteiger partial charge is 0.309 e. The van der Waals surface area contributed by atoms with E-state index >= 15 is 0 Å². The van der Waals surface area contributed by atoms with E-state index in [4.69, 9.17) is 11.9 Å². The standard InChI is InChI=1S/C12H18N4O4/c1-14-5-4-9(7-14)20-13-11(17)10-3-2-8-6-15(10)12(18)16(8)19/h1,8-10,19H,2-7H2,(H,13,17)/t8-,9+,10+/m1/s1. The quantitative estimate of drug-likeness (QED) is 0.535. The Balaban J connectivity index is 1.54. The second-order valence-corrected chi connectivity index (χ2v) is 5.52. The summed E-state index contributed by atoms with van der Waals surface area (Å²) in [6, 6.07) is -1.29. The van der Waals surface area contributed by atoms with Gasteiger partial charge in [-0.2, -0.15) is 0 Å². The third-order valence-corrected chi connectivity index (χ3v) is 4.15. The summed E-state index contributed by atoms with van der Waals surface area (Å²) in [7, 11) is 5.61. The van der Waals surface area contributed by atoms with Crippen molar-refractivity contribution in [1.29, 1.82) is 0 Å². The second kappa shape index (κ2) is 5.19. The highest BCUT2D eigenvalue weighted by molar-refractivity contribution is 5.87. The van der Waals surface area contributed by atoms with Crippen molar-refractivity contribution in [3.63, 3.8) is 0 Å². The number of amides is 3. The van der Waals surface area contributed by atoms with Gasteiger partial charge in [0.05, 0.1) is 12.1 Å². The molecule has 3 fully saturated rings. The minimum absolute atomic E-state index is 0.121. The lowest BCUT2D eigenvalue weighted by atomic mass is 10.0. The van der Waals surface area contributed by atoms with Crippen molar-refractivity contribution in [3.8, 4) is 0 Å². The van der Waals surface area contributed by atoms with Crippen LogP contribution in [0.2, 0.25) is 0 Å². The first-order valence-electron chi connectivity index (χ1n) is 6.80. The minimum Gasteiger partial charge on any atom is -0.309 e. The van der Waals surface area contributed by atoms with Gasteiger partial charge in [-0.25, -0.2) is 15.3 Å². The topological polar surface area (TPSA) is 85.4 Å². The molecule has 110 valence electrons. The average Bonchev–Trinajstić information content (AvgIpc) is 2.95. The van der Waals surface area contributed by atoms with Crippen molar-refractivity contribution in [3.05, 3.63) is 7.05 Å². The largest absolute Gasteiger partial charge is 0.344 e. The molecule has 0 aromatic rings. The zero-order valence-corrected chi connectivity index (χ0v) is 11.1. The number of fused-ring (bicyclic) bond motifs is 2. The van der Waals surface area contributed by atoms with Crippen molar-refractivity contribution in [2.75, 3.05) is 19.6 Å². The van der Waals surface area contributed by atoms with E-state index in [9.17, 15) is 14.8 Å². The van der Waals surface area contributed by atoms with Gasteiger partial charge in [0.15, 0.2) is 0 Å². The zero-order valence-electron chi connectivity index (χ0n) is 11.1. The van der Waals surface area contributed by atoms with E-state index in [0.29, 0.717) is 25.9 Å². The number of hydrogen-bond acceptors (Lipinski definition) is 5. The van der Waals surface area contributed by atoms with Gasteiger partial charge in [-0.1, -0.05) is 0 Å². The highest BCUT2D eigenvalue weighted by Gasteiger charge is 2.46. The number of urea groups is 1. The first kappa shape index (κ1) is 13.6. The van der Waals surface area contributed by atoms with Crippen molar-refractivity contribution in [1.82, 2.24) is 20.3 Å². The number of piperidine rings is 1. The lowest BCUT2D eigenvalue weighted by Crippen LogP contribution is -2.50. The van der Waals surface area contributed by atoms with E-state index in [1.165, 1.54) is 4.90 Å². The number of carbonyl (C=O) groups excluding carboxylic acids is 2. The summed E-state index contributed by atoms with van der Waals surface area (Å²) < 4.78 is 0. The molecular weight excluding hydrogens is 264 g/mol. The van der Waals surface area contributed by atoms with E-state index in [0.717, 1.165) is 18.0 Å². The minimum atomic E-state index is -0.578. The Morgan fingerprint density at radius 1 is 1.35 bits per heavy atom. The molecule has 8 heteroatoms. The van der Waals surface area contributed by atoms with Gasteiger partial charge >= 0.3 is 6.03 Å².